The first-order chi connectivity index (χ1) is 16.3. The third-order valence-corrected chi connectivity index (χ3v) is 9.59. The van der Waals surface area contributed by atoms with E-state index in [4.69, 9.17) is 15.5 Å². The highest BCUT2D eigenvalue weighted by molar-refractivity contribution is 7.10. The van der Waals surface area contributed by atoms with Crippen LogP contribution in [0.3, 0.4) is 0 Å². The Labute approximate surface area is 202 Å². The van der Waals surface area contributed by atoms with Crippen LogP contribution in [0.2, 0.25) is 0 Å². The molecular formula is C25H30N4O4S. The lowest BCUT2D eigenvalue weighted by Gasteiger charge is -2.58. The number of carbonyl (C=O) groups excluding carboxylic acids is 2. The molecule has 6 atom stereocenters. The summed E-state index contributed by atoms with van der Waals surface area (Å²) in [6.07, 6.45) is 7.58. The van der Waals surface area contributed by atoms with E-state index in [-0.39, 0.29) is 47.0 Å². The van der Waals surface area contributed by atoms with Crippen molar-refractivity contribution in [3.63, 3.8) is 0 Å². The zero-order valence-corrected chi connectivity index (χ0v) is 20.1. The molecule has 1 aliphatic heterocycles. The van der Waals surface area contributed by atoms with Crippen LogP contribution in [0.4, 0.5) is 4.79 Å². The van der Waals surface area contributed by atoms with E-state index in [1.54, 1.807) is 19.3 Å². The number of aryl methyl sites for hydroxylation is 1. The molecule has 2 N–H and O–H groups in total. The second kappa shape index (κ2) is 7.93. The number of pyridine rings is 1. The Morgan fingerprint density at radius 3 is 2.71 bits per heavy atom. The fraction of sp³-hybridized carbons (Fsp3) is 0.600. The molecule has 2 aromatic heterocycles. The van der Waals surface area contributed by atoms with Crippen LogP contribution in [0.25, 0.3) is 11.3 Å². The molecule has 0 spiro atoms. The van der Waals surface area contributed by atoms with Gasteiger partial charge in [-0.15, -0.1) is 11.3 Å². The van der Waals surface area contributed by atoms with E-state index in [2.05, 4.69) is 0 Å². The van der Waals surface area contributed by atoms with Gasteiger partial charge in [0.15, 0.2) is 0 Å². The summed E-state index contributed by atoms with van der Waals surface area (Å²) in [6, 6.07) is 3.36. The van der Waals surface area contributed by atoms with Crippen LogP contribution in [0.5, 0.6) is 0 Å². The Morgan fingerprint density at radius 1 is 1.24 bits per heavy atom. The normalized spacial score (nSPS) is 33.9. The standard InChI is InChI=1S/C25H30N4O4S/c1-28-6-4-15(9-20(28)30)18-13-34-22(27-18)19-3-2-5-29(19)24(32)33-21-16-7-14-8-17(21)12-25(10-14,11-16)23(26)31/h4,6,9,13-14,16-17,19,21H,2-3,5,7-8,10-12H2,1H3,(H2,26,31)/t14?,16-,17?,19+,21?,25-/m0/s1. The molecule has 4 aliphatic carbocycles. The van der Waals surface area contributed by atoms with Gasteiger partial charge in [-0.1, -0.05) is 0 Å². The zero-order chi connectivity index (χ0) is 23.6. The van der Waals surface area contributed by atoms with E-state index in [0.29, 0.717) is 12.5 Å². The molecule has 180 valence electrons. The van der Waals surface area contributed by atoms with Crippen molar-refractivity contribution in [2.45, 2.75) is 57.1 Å². The molecule has 3 unspecified atom stereocenters. The van der Waals surface area contributed by atoms with Crippen molar-refractivity contribution in [2.75, 3.05) is 6.54 Å². The highest BCUT2D eigenvalue weighted by Gasteiger charge is 2.59. The molecule has 1 saturated heterocycles. The number of primary amides is 1. The molecule has 34 heavy (non-hydrogen) atoms. The van der Waals surface area contributed by atoms with Crippen molar-refractivity contribution in [1.82, 2.24) is 14.5 Å². The van der Waals surface area contributed by atoms with Crippen molar-refractivity contribution in [3.05, 3.63) is 39.1 Å². The lowest BCUT2D eigenvalue weighted by molar-refractivity contribution is -0.161. The van der Waals surface area contributed by atoms with Gasteiger partial charge >= 0.3 is 6.09 Å². The number of nitrogens with two attached hydrogens (primary N) is 1. The van der Waals surface area contributed by atoms with Crippen molar-refractivity contribution in [1.29, 1.82) is 0 Å². The van der Waals surface area contributed by atoms with Gasteiger partial charge in [-0.3, -0.25) is 14.5 Å². The van der Waals surface area contributed by atoms with Gasteiger partial charge < -0.3 is 15.0 Å². The number of hydrogen-bond donors (Lipinski definition) is 1. The molecule has 0 aromatic carbocycles. The minimum Gasteiger partial charge on any atom is -0.445 e. The molecule has 3 heterocycles. The summed E-state index contributed by atoms with van der Waals surface area (Å²) in [4.78, 5) is 44.2. The summed E-state index contributed by atoms with van der Waals surface area (Å²) in [6.45, 7) is 0.653. The first-order valence-corrected chi connectivity index (χ1v) is 13.1. The Bertz CT molecular complexity index is 1190. The van der Waals surface area contributed by atoms with Gasteiger partial charge in [0.1, 0.15) is 11.1 Å². The van der Waals surface area contributed by atoms with Crippen LogP contribution in [-0.4, -0.2) is 39.1 Å². The van der Waals surface area contributed by atoms with E-state index >= 15 is 0 Å². The lowest BCUT2D eigenvalue weighted by Crippen LogP contribution is -2.59. The maximum absolute atomic E-state index is 13.3. The maximum atomic E-state index is 13.3. The minimum atomic E-state index is -0.384. The fourth-order valence-corrected chi connectivity index (χ4v) is 8.15. The number of carbonyl (C=O) groups is 2. The lowest BCUT2D eigenvalue weighted by atomic mass is 9.48. The summed E-state index contributed by atoms with van der Waals surface area (Å²) in [5, 5.41) is 2.83. The van der Waals surface area contributed by atoms with Crippen LogP contribution in [0.15, 0.2) is 28.5 Å². The van der Waals surface area contributed by atoms with Crippen LogP contribution in [0, 0.1) is 23.2 Å². The van der Waals surface area contributed by atoms with Crippen LogP contribution in [0.1, 0.15) is 56.0 Å². The molecule has 4 saturated carbocycles. The quantitative estimate of drug-likeness (QED) is 0.718. The fourth-order valence-electron chi connectivity index (χ4n) is 7.18. The first-order valence-electron chi connectivity index (χ1n) is 12.2. The number of amides is 2. The van der Waals surface area contributed by atoms with Gasteiger partial charge in [-0.2, -0.15) is 0 Å². The summed E-state index contributed by atoms with van der Waals surface area (Å²) >= 11 is 1.52. The van der Waals surface area contributed by atoms with Crippen LogP contribution < -0.4 is 11.3 Å². The maximum Gasteiger partial charge on any atom is 0.410 e. The second-order valence-corrected chi connectivity index (χ2v) is 11.6. The molecule has 8 nitrogen and oxygen atoms in total. The molecule has 0 radical (unpaired) electrons. The number of aromatic nitrogens is 2. The van der Waals surface area contributed by atoms with Crippen molar-refractivity contribution < 1.29 is 14.3 Å². The number of rotatable bonds is 4. The minimum absolute atomic E-state index is 0.0769. The molecule has 2 aromatic rings. The molecule has 4 bridgehead atoms. The molecule has 9 heteroatoms. The van der Waals surface area contributed by atoms with Crippen LogP contribution in [-0.2, 0) is 16.6 Å². The van der Waals surface area contributed by atoms with Crippen molar-refractivity contribution in [2.24, 2.45) is 36.0 Å². The zero-order valence-electron chi connectivity index (χ0n) is 19.3. The Balaban J connectivity index is 1.18. The van der Waals surface area contributed by atoms with Crippen molar-refractivity contribution in [3.8, 4) is 11.3 Å². The third-order valence-electron chi connectivity index (χ3n) is 8.64. The predicted molar refractivity (Wildman–Crippen MR) is 127 cm³/mol. The Morgan fingerprint density at radius 2 is 2.00 bits per heavy atom. The summed E-state index contributed by atoms with van der Waals surface area (Å²) in [7, 11) is 1.72. The number of nitrogens with zero attached hydrogens (tertiary/aromatic N) is 3. The highest BCUT2D eigenvalue weighted by Crippen LogP contribution is 2.60. The summed E-state index contributed by atoms with van der Waals surface area (Å²) in [5.74, 6) is 0.821. The first kappa shape index (κ1) is 21.8. The topological polar surface area (TPSA) is 108 Å². The number of hydrogen-bond acceptors (Lipinski definition) is 6. The third kappa shape index (κ3) is 3.47. The van der Waals surface area contributed by atoms with Gasteiger partial charge in [0.2, 0.25) is 5.91 Å². The van der Waals surface area contributed by atoms with Crippen LogP contribution >= 0.6 is 11.3 Å². The smallest absolute Gasteiger partial charge is 0.410 e. The highest BCUT2D eigenvalue weighted by atomic mass is 32.1. The van der Waals surface area contributed by atoms with E-state index in [1.807, 2.05) is 16.3 Å². The van der Waals surface area contributed by atoms with Gasteiger partial charge in [0.05, 0.1) is 17.2 Å². The molecule has 5 aliphatic rings. The molecule has 2 amide bonds. The van der Waals surface area contributed by atoms with E-state index < -0.39 is 0 Å². The van der Waals surface area contributed by atoms with E-state index in [1.165, 1.54) is 15.9 Å². The van der Waals surface area contributed by atoms with Crippen molar-refractivity contribution >= 4 is 23.3 Å². The van der Waals surface area contributed by atoms with Gasteiger partial charge in [0, 0.05) is 36.8 Å². The monoisotopic (exact) mass is 482 g/mol. The number of ether oxygens (including phenoxy) is 1. The van der Waals surface area contributed by atoms with Gasteiger partial charge in [-0.25, -0.2) is 9.78 Å². The molecule has 7 rings (SSSR count). The Kier molecular flexibility index (Phi) is 5.09. The number of likely N-dealkylation sites (tertiary alicyclic amines) is 1. The molecular weight excluding hydrogens is 452 g/mol. The predicted octanol–water partition coefficient (Wildman–Crippen LogP) is 3.46. The largest absolute Gasteiger partial charge is 0.445 e. The van der Waals surface area contributed by atoms with Gasteiger partial charge in [0.25, 0.3) is 5.56 Å². The van der Waals surface area contributed by atoms with E-state index in [9.17, 15) is 14.4 Å². The Hall–Kier alpha value is -2.68. The summed E-state index contributed by atoms with van der Waals surface area (Å²) < 4.78 is 7.70. The van der Waals surface area contributed by atoms with Gasteiger partial charge in [-0.05, 0) is 68.8 Å². The number of thiazole rings is 1. The molecule has 5 fully saturated rings. The average Bonchev–Trinajstić information content (AvgIpc) is 3.47. The average molecular weight is 483 g/mol. The second-order valence-electron chi connectivity index (χ2n) is 10.7. The van der Waals surface area contributed by atoms with E-state index in [0.717, 1.165) is 61.2 Å². The SMILES string of the molecule is Cn1ccc(-c2csc([C@H]3CCCN3C(=O)OC3C4CC5C[C@H]3C[C@@](C(N)=O)(C5)C4)n2)cc1=O. The summed E-state index contributed by atoms with van der Waals surface area (Å²) in [5.41, 5.74) is 6.89.